The van der Waals surface area contributed by atoms with Gasteiger partial charge < -0.3 is 10.1 Å². The number of fused-ring (bicyclic) bond motifs is 1. The van der Waals surface area contributed by atoms with Gasteiger partial charge in [-0.05, 0) is 41.4 Å². The number of imidazole rings is 1. The van der Waals surface area contributed by atoms with Crippen molar-refractivity contribution in [3.05, 3.63) is 28.2 Å². The molecular weight excluding hydrogens is 330 g/mol. The van der Waals surface area contributed by atoms with Crippen molar-refractivity contribution in [3.63, 3.8) is 0 Å². The largest absolute Gasteiger partial charge is 0.491 e. The maximum atomic E-state index is 6.20. The zero-order valence-corrected chi connectivity index (χ0v) is 12.7. The zero-order valence-electron chi connectivity index (χ0n) is 10.4. The predicted molar refractivity (Wildman–Crippen MR) is 79.0 cm³/mol. The fraction of sp³-hybridized carbons (Fsp3) is 0.462. The third-order valence-corrected chi connectivity index (χ3v) is 4.65. The van der Waals surface area contributed by atoms with Gasteiger partial charge in [0.25, 0.3) is 0 Å². The van der Waals surface area contributed by atoms with Gasteiger partial charge >= 0.3 is 0 Å². The smallest absolute Gasteiger partial charge is 0.146 e. The van der Waals surface area contributed by atoms with Crippen molar-refractivity contribution in [3.8, 4) is 5.75 Å². The Morgan fingerprint density at radius 3 is 3.26 bits per heavy atom. The minimum Gasteiger partial charge on any atom is -0.491 e. The Hall–Kier alpha value is -0.780. The van der Waals surface area contributed by atoms with E-state index in [1.165, 1.54) is 12.8 Å². The highest BCUT2D eigenvalue weighted by Gasteiger charge is 2.15. The van der Waals surface area contributed by atoms with Gasteiger partial charge in [0.05, 0.1) is 17.3 Å². The molecular formula is C13H15BrClN3O. The van der Waals surface area contributed by atoms with Crippen molar-refractivity contribution in [1.82, 2.24) is 14.7 Å². The summed E-state index contributed by atoms with van der Waals surface area (Å²) >= 11 is 9.64. The fourth-order valence-electron chi connectivity index (χ4n) is 2.39. The maximum Gasteiger partial charge on any atom is 0.146 e. The zero-order chi connectivity index (χ0) is 13.2. The van der Waals surface area contributed by atoms with Crippen LogP contribution in [0.4, 0.5) is 0 Å². The van der Waals surface area contributed by atoms with Crippen LogP contribution in [0.3, 0.4) is 0 Å². The normalized spacial score (nSPS) is 19.8. The van der Waals surface area contributed by atoms with E-state index < -0.39 is 0 Å². The number of halogens is 2. The van der Waals surface area contributed by atoms with E-state index in [2.05, 4.69) is 26.2 Å². The molecule has 1 aliphatic heterocycles. The Morgan fingerprint density at radius 2 is 2.47 bits per heavy atom. The van der Waals surface area contributed by atoms with E-state index in [0.717, 1.165) is 35.4 Å². The summed E-state index contributed by atoms with van der Waals surface area (Å²) in [5, 5.41) is 4.01. The van der Waals surface area contributed by atoms with Gasteiger partial charge in [0.15, 0.2) is 0 Å². The summed E-state index contributed by atoms with van der Waals surface area (Å²) in [5.74, 6) is 1.39. The van der Waals surface area contributed by atoms with Crippen LogP contribution >= 0.6 is 27.5 Å². The maximum absolute atomic E-state index is 6.20. The Labute approximate surface area is 125 Å². The van der Waals surface area contributed by atoms with Gasteiger partial charge in [-0.3, -0.25) is 4.40 Å². The Bertz CT molecular complexity index is 581. The molecule has 0 aromatic carbocycles. The summed E-state index contributed by atoms with van der Waals surface area (Å²) < 4.78 is 8.60. The lowest BCUT2D eigenvalue weighted by Crippen LogP contribution is -2.33. The summed E-state index contributed by atoms with van der Waals surface area (Å²) in [7, 11) is 0. The Kier molecular flexibility index (Phi) is 3.96. The van der Waals surface area contributed by atoms with Gasteiger partial charge in [-0.15, -0.1) is 0 Å². The van der Waals surface area contributed by atoms with Gasteiger partial charge in [-0.25, -0.2) is 4.98 Å². The lowest BCUT2D eigenvalue weighted by molar-refractivity contribution is 0.220. The van der Waals surface area contributed by atoms with Crippen LogP contribution in [0, 0.1) is 5.92 Å². The van der Waals surface area contributed by atoms with E-state index >= 15 is 0 Å². The van der Waals surface area contributed by atoms with E-state index in [1.807, 2.05) is 10.5 Å². The number of ether oxygens (including phenoxy) is 1. The number of nitrogens with zero attached hydrogens (tertiary/aromatic N) is 2. The predicted octanol–water partition coefficient (Wildman–Crippen LogP) is 3.13. The third kappa shape index (κ3) is 2.73. The number of aromatic nitrogens is 2. The molecule has 1 fully saturated rings. The van der Waals surface area contributed by atoms with Gasteiger partial charge in [-0.1, -0.05) is 11.6 Å². The van der Waals surface area contributed by atoms with Gasteiger partial charge in [0, 0.05) is 12.5 Å². The Balaban J connectivity index is 1.80. The molecule has 0 radical (unpaired) electrons. The molecule has 3 heterocycles. The van der Waals surface area contributed by atoms with E-state index in [-0.39, 0.29) is 0 Å². The van der Waals surface area contributed by atoms with Crippen molar-refractivity contribution >= 4 is 33.0 Å². The lowest BCUT2D eigenvalue weighted by atomic mass is 10.0. The minimum absolute atomic E-state index is 0.575. The summed E-state index contributed by atoms with van der Waals surface area (Å²) in [4.78, 5) is 4.12. The van der Waals surface area contributed by atoms with E-state index in [9.17, 15) is 0 Å². The molecule has 102 valence electrons. The molecule has 1 saturated heterocycles. The lowest BCUT2D eigenvalue weighted by Gasteiger charge is -2.23. The fourth-order valence-corrected chi connectivity index (χ4v) is 2.98. The summed E-state index contributed by atoms with van der Waals surface area (Å²) in [5.41, 5.74) is 0.900. The number of hydrogen-bond acceptors (Lipinski definition) is 3. The molecule has 0 amide bonds. The molecule has 1 N–H and O–H groups in total. The molecule has 1 aliphatic rings. The molecule has 6 heteroatoms. The molecule has 1 unspecified atom stereocenters. The van der Waals surface area contributed by atoms with E-state index in [1.54, 1.807) is 12.5 Å². The molecule has 0 spiro atoms. The summed E-state index contributed by atoms with van der Waals surface area (Å²) in [6.07, 6.45) is 5.90. The second-order valence-corrected chi connectivity index (χ2v) is 6.03. The van der Waals surface area contributed by atoms with Crippen molar-refractivity contribution in [2.45, 2.75) is 12.8 Å². The summed E-state index contributed by atoms with van der Waals surface area (Å²) in [6, 6.07) is 1.91. The molecule has 0 bridgehead atoms. The standard InChI is InChI=1S/C13H15BrClN3O/c14-10-4-12(11-6-17-8-18(11)13(10)15)19-7-9-2-1-3-16-5-9/h4,6,8-9,16H,1-3,5,7H2. The first-order valence-electron chi connectivity index (χ1n) is 6.39. The quantitative estimate of drug-likeness (QED) is 0.870. The highest BCUT2D eigenvalue weighted by molar-refractivity contribution is 9.10. The highest BCUT2D eigenvalue weighted by atomic mass is 79.9. The van der Waals surface area contributed by atoms with E-state index in [0.29, 0.717) is 11.1 Å². The highest BCUT2D eigenvalue weighted by Crippen LogP contribution is 2.31. The molecule has 2 aromatic rings. The van der Waals surface area contributed by atoms with Gasteiger partial charge in [0.2, 0.25) is 0 Å². The van der Waals surface area contributed by atoms with Gasteiger partial charge in [0.1, 0.15) is 22.7 Å². The van der Waals surface area contributed by atoms with Crippen molar-refractivity contribution in [2.24, 2.45) is 5.92 Å². The average Bonchev–Trinajstić information content (AvgIpc) is 2.92. The monoisotopic (exact) mass is 343 g/mol. The number of hydrogen-bond donors (Lipinski definition) is 1. The van der Waals surface area contributed by atoms with Gasteiger partial charge in [-0.2, -0.15) is 0 Å². The minimum atomic E-state index is 0.575. The number of nitrogens with one attached hydrogen (secondary N) is 1. The SMILES string of the molecule is Clc1c(Br)cc(OCC2CCCNC2)c2cncn12. The third-order valence-electron chi connectivity index (χ3n) is 3.43. The number of rotatable bonds is 3. The first-order valence-corrected chi connectivity index (χ1v) is 7.56. The van der Waals surface area contributed by atoms with Crippen molar-refractivity contribution in [1.29, 1.82) is 0 Å². The second-order valence-electron chi connectivity index (χ2n) is 4.82. The topological polar surface area (TPSA) is 38.6 Å². The molecule has 4 nitrogen and oxygen atoms in total. The number of pyridine rings is 1. The molecule has 1 atom stereocenters. The Morgan fingerprint density at radius 1 is 1.58 bits per heavy atom. The molecule has 2 aromatic heterocycles. The van der Waals surface area contributed by atoms with Crippen LogP contribution in [0.25, 0.3) is 5.52 Å². The average molecular weight is 345 g/mol. The van der Waals surface area contributed by atoms with Crippen LogP contribution in [0.1, 0.15) is 12.8 Å². The van der Waals surface area contributed by atoms with Crippen molar-refractivity contribution < 1.29 is 4.74 Å². The van der Waals surface area contributed by atoms with Crippen LogP contribution in [0.15, 0.2) is 23.1 Å². The molecule has 3 rings (SSSR count). The molecule has 19 heavy (non-hydrogen) atoms. The number of piperidine rings is 1. The second kappa shape index (κ2) is 5.69. The molecule has 0 aliphatic carbocycles. The summed E-state index contributed by atoms with van der Waals surface area (Å²) in [6.45, 7) is 2.88. The van der Waals surface area contributed by atoms with Crippen LogP contribution in [-0.4, -0.2) is 29.1 Å². The van der Waals surface area contributed by atoms with E-state index in [4.69, 9.17) is 16.3 Å². The van der Waals surface area contributed by atoms with Crippen LogP contribution in [0.5, 0.6) is 5.75 Å². The van der Waals surface area contributed by atoms with Crippen LogP contribution in [-0.2, 0) is 0 Å². The van der Waals surface area contributed by atoms with Crippen LogP contribution < -0.4 is 10.1 Å². The first-order chi connectivity index (χ1) is 9.25. The first kappa shape index (κ1) is 13.2. The molecule has 0 saturated carbocycles. The van der Waals surface area contributed by atoms with Crippen molar-refractivity contribution in [2.75, 3.05) is 19.7 Å². The van der Waals surface area contributed by atoms with Crippen LogP contribution in [0.2, 0.25) is 5.15 Å².